The van der Waals surface area contributed by atoms with E-state index in [2.05, 4.69) is 5.32 Å². The normalized spacial score (nSPS) is 13.8. The zero-order valence-electron chi connectivity index (χ0n) is 16.5. The monoisotopic (exact) mass is 395 g/mol. The molecule has 0 spiro atoms. The van der Waals surface area contributed by atoms with Gasteiger partial charge < -0.3 is 21.7 Å². The van der Waals surface area contributed by atoms with Crippen molar-refractivity contribution in [3.63, 3.8) is 0 Å². The summed E-state index contributed by atoms with van der Waals surface area (Å²) in [7, 11) is 0. The van der Waals surface area contributed by atoms with Gasteiger partial charge in [0.1, 0.15) is 5.84 Å². The Labute approximate surface area is 171 Å². The van der Waals surface area contributed by atoms with Crippen LogP contribution >= 0.6 is 0 Å². The Balaban J connectivity index is 0.000000212. The summed E-state index contributed by atoms with van der Waals surface area (Å²) in [5.41, 5.74) is 14.0. The molecule has 7 nitrogen and oxygen atoms in total. The van der Waals surface area contributed by atoms with Crippen LogP contribution in [0.3, 0.4) is 0 Å². The van der Waals surface area contributed by atoms with Crippen molar-refractivity contribution in [1.82, 2.24) is 10.2 Å². The van der Waals surface area contributed by atoms with Crippen molar-refractivity contribution in [2.75, 3.05) is 13.1 Å². The van der Waals surface area contributed by atoms with Gasteiger partial charge in [0.25, 0.3) is 0 Å². The van der Waals surface area contributed by atoms with Crippen molar-refractivity contribution < 1.29 is 9.59 Å². The highest BCUT2D eigenvalue weighted by Crippen LogP contribution is 2.10. The number of carbonyl (C=O) groups excluding carboxylic acids is 2. The van der Waals surface area contributed by atoms with Gasteiger partial charge in [-0.3, -0.25) is 15.0 Å². The molecule has 7 heteroatoms. The lowest BCUT2D eigenvalue weighted by Gasteiger charge is -2.20. The van der Waals surface area contributed by atoms with Crippen LogP contribution in [0.5, 0.6) is 0 Å². The number of amidine groups is 1. The molecule has 0 bridgehead atoms. The second-order valence-corrected chi connectivity index (χ2v) is 6.94. The standard InChI is InChI=1S/C13H18N2O.C9H11N3O/c14-12(10-11-6-2-1-3-7-11)13(16)15-8-4-5-9-15;10-9(11)8-3-1-7(2-4-8)5-12-6-13/h1-3,6-7,12H,4-5,8-10,14H2;1-4,6H,5H2,(H3,10,11)(H,12,13). The fraction of sp³-hybridized carbons (Fsp3) is 0.318. The van der Waals surface area contributed by atoms with Gasteiger partial charge in [-0.25, -0.2) is 0 Å². The Hall–Kier alpha value is -3.19. The molecule has 6 N–H and O–H groups in total. The number of nitrogens with one attached hydrogen (secondary N) is 2. The Kier molecular flexibility index (Phi) is 8.85. The van der Waals surface area contributed by atoms with E-state index in [9.17, 15) is 9.59 Å². The van der Waals surface area contributed by atoms with Crippen molar-refractivity contribution >= 4 is 18.2 Å². The summed E-state index contributed by atoms with van der Waals surface area (Å²) in [6.07, 6.45) is 3.52. The largest absolute Gasteiger partial charge is 0.384 e. The molecule has 2 aromatic rings. The van der Waals surface area contributed by atoms with Crippen molar-refractivity contribution in [3.05, 3.63) is 71.3 Å². The number of amides is 2. The van der Waals surface area contributed by atoms with E-state index in [-0.39, 0.29) is 17.8 Å². The third-order valence-electron chi connectivity index (χ3n) is 4.69. The van der Waals surface area contributed by atoms with Crippen LogP contribution in [-0.2, 0) is 22.6 Å². The quantitative estimate of drug-likeness (QED) is 0.321. The third-order valence-corrected chi connectivity index (χ3v) is 4.69. The highest BCUT2D eigenvalue weighted by atomic mass is 16.2. The van der Waals surface area contributed by atoms with Crippen molar-refractivity contribution in [3.8, 4) is 0 Å². The summed E-state index contributed by atoms with van der Waals surface area (Å²) in [6, 6.07) is 16.7. The Morgan fingerprint density at radius 3 is 2.24 bits per heavy atom. The molecule has 3 rings (SSSR count). The molecule has 0 aliphatic carbocycles. The molecule has 1 aliphatic heterocycles. The van der Waals surface area contributed by atoms with Gasteiger partial charge in [-0.05, 0) is 30.4 Å². The maximum Gasteiger partial charge on any atom is 0.239 e. The zero-order valence-corrected chi connectivity index (χ0v) is 16.5. The average Bonchev–Trinajstić information content (AvgIpc) is 3.28. The Morgan fingerprint density at radius 1 is 1.07 bits per heavy atom. The highest BCUT2D eigenvalue weighted by Gasteiger charge is 2.23. The summed E-state index contributed by atoms with van der Waals surface area (Å²) in [6.45, 7) is 2.25. The zero-order chi connectivity index (χ0) is 21.1. The summed E-state index contributed by atoms with van der Waals surface area (Å²) < 4.78 is 0. The van der Waals surface area contributed by atoms with Gasteiger partial charge in [-0.15, -0.1) is 0 Å². The van der Waals surface area contributed by atoms with Crippen molar-refractivity contribution in [2.45, 2.75) is 31.8 Å². The number of nitrogen functional groups attached to an aromatic ring is 1. The lowest BCUT2D eigenvalue weighted by molar-refractivity contribution is -0.131. The molecule has 2 amide bonds. The maximum atomic E-state index is 12.0. The first-order valence-corrected chi connectivity index (χ1v) is 9.70. The Bertz CT molecular complexity index is 787. The minimum absolute atomic E-state index is 0.0508. The van der Waals surface area contributed by atoms with Gasteiger partial charge in [0.05, 0.1) is 6.04 Å². The predicted octanol–water partition coefficient (Wildman–Crippen LogP) is 1.40. The molecule has 1 aliphatic rings. The van der Waals surface area contributed by atoms with Crippen LogP contribution in [-0.4, -0.2) is 42.2 Å². The predicted molar refractivity (Wildman–Crippen MR) is 114 cm³/mol. The van der Waals surface area contributed by atoms with E-state index in [0.717, 1.165) is 37.1 Å². The van der Waals surface area contributed by atoms with Crippen LogP contribution in [0.2, 0.25) is 0 Å². The molecule has 2 aromatic carbocycles. The van der Waals surface area contributed by atoms with Gasteiger partial charge in [-0.2, -0.15) is 0 Å². The molecule has 0 radical (unpaired) electrons. The van der Waals surface area contributed by atoms with E-state index in [4.69, 9.17) is 16.9 Å². The summed E-state index contributed by atoms with van der Waals surface area (Å²) >= 11 is 0. The first kappa shape index (κ1) is 22.1. The number of nitrogens with zero attached hydrogens (tertiary/aromatic N) is 1. The van der Waals surface area contributed by atoms with Gasteiger partial charge in [0.15, 0.2) is 0 Å². The molecular formula is C22H29N5O2. The molecular weight excluding hydrogens is 366 g/mol. The van der Waals surface area contributed by atoms with E-state index in [1.54, 1.807) is 12.1 Å². The molecule has 1 fully saturated rings. The number of hydrogen-bond donors (Lipinski definition) is 4. The number of carbonyl (C=O) groups is 2. The molecule has 0 aromatic heterocycles. The molecule has 1 heterocycles. The molecule has 154 valence electrons. The third kappa shape index (κ3) is 7.38. The maximum absolute atomic E-state index is 12.0. The van der Waals surface area contributed by atoms with E-state index in [0.29, 0.717) is 24.9 Å². The van der Waals surface area contributed by atoms with E-state index < -0.39 is 0 Å². The van der Waals surface area contributed by atoms with Crippen LogP contribution in [0.1, 0.15) is 29.5 Å². The summed E-state index contributed by atoms with van der Waals surface area (Å²) in [5.74, 6) is 0.149. The number of benzene rings is 2. The van der Waals surface area contributed by atoms with Crippen LogP contribution in [0.15, 0.2) is 54.6 Å². The van der Waals surface area contributed by atoms with Gasteiger partial charge in [0, 0.05) is 25.2 Å². The van der Waals surface area contributed by atoms with E-state index in [1.807, 2.05) is 47.4 Å². The first-order chi connectivity index (χ1) is 14.0. The minimum Gasteiger partial charge on any atom is -0.384 e. The van der Waals surface area contributed by atoms with Crippen LogP contribution in [0.4, 0.5) is 0 Å². The fourth-order valence-corrected chi connectivity index (χ4v) is 3.09. The van der Waals surface area contributed by atoms with E-state index >= 15 is 0 Å². The molecule has 1 saturated heterocycles. The van der Waals surface area contributed by atoms with Crippen LogP contribution in [0, 0.1) is 5.41 Å². The van der Waals surface area contributed by atoms with Crippen LogP contribution in [0.25, 0.3) is 0 Å². The van der Waals surface area contributed by atoms with E-state index in [1.165, 1.54) is 0 Å². The van der Waals surface area contributed by atoms with Crippen LogP contribution < -0.4 is 16.8 Å². The minimum atomic E-state index is -0.388. The average molecular weight is 396 g/mol. The van der Waals surface area contributed by atoms with Gasteiger partial charge in [0.2, 0.25) is 12.3 Å². The summed E-state index contributed by atoms with van der Waals surface area (Å²) in [4.78, 5) is 23.8. The number of hydrogen-bond acceptors (Lipinski definition) is 4. The highest BCUT2D eigenvalue weighted by molar-refractivity contribution is 5.94. The second kappa shape index (κ2) is 11.6. The topological polar surface area (TPSA) is 125 Å². The number of nitrogens with two attached hydrogens (primary N) is 2. The lowest BCUT2D eigenvalue weighted by atomic mass is 10.1. The lowest BCUT2D eigenvalue weighted by Crippen LogP contribution is -2.43. The van der Waals surface area contributed by atoms with Crippen molar-refractivity contribution in [2.24, 2.45) is 11.5 Å². The first-order valence-electron chi connectivity index (χ1n) is 9.70. The fourth-order valence-electron chi connectivity index (χ4n) is 3.09. The SMILES string of the molecule is N=C(N)c1ccc(CNC=O)cc1.NC(Cc1ccccc1)C(=O)N1CCCC1. The number of likely N-dealkylation sites (tertiary alicyclic amines) is 1. The molecule has 1 atom stereocenters. The van der Waals surface area contributed by atoms with Gasteiger partial charge >= 0.3 is 0 Å². The smallest absolute Gasteiger partial charge is 0.239 e. The number of rotatable bonds is 7. The van der Waals surface area contributed by atoms with Crippen molar-refractivity contribution in [1.29, 1.82) is 5.41 Å². The molecule has 29 heavy (non-hydrogen) atoms. The molecule has 1 unspecified atom stereocenters. The Morgan fingerprint density at radius 2 is 1.69 bits per heavy atom. The van der Waals surface area contributed by atoms with Gasteiger partial charge in [-0.1, -0.05) is 54.6 Å². The molecule has 0 saturated carbocycles. The second-order valence-electron chi connectivity index (χ2n) is 6.94. The summed E-state index contributed by atoms with van der Waals surface area (Å²) in [5, 5.41) is 9.70.